The Morgan fingerprint density at radius 1 is 1.30 bits per heavy atom. The number of rotatable bonds is 6. The summed E-state index contributed by atoms with van der Waals surface area (Å²) in [5.74, 6) is -0.244. The third-order valence-electron chi connectivity index (χ3n) is 5.51. The third-order valence-corrected chi connectivity index (χ3v) is 8.68. The number of aromatic nitrogens is 2. The number of hydrogen-bond donors (Lipinski definition) is 1. The van der Waals surface area contributed by atoms with E-state index in [9.17, 15) is 17.6 Å². The number of anilines is 1. The van der Waals surface area contributed by atoms with E-state index in [0.717, 1.165) is 0 Å². The summed E-state index contributed by atoms with van der Waals surface area (Å²) in [6.45, 7) is 6.04. The molecule has 11 heteroatoms. The van der Waals surface area contributed by atoms with Crippen LogP contribution in [0.4, 0.5) is 10.1 Å². The summed E-state index contributed by atoms with van der Waals surface area (Å²) in [5, 5.41) is 6.72. The first-order chi connectivity index (χ1) is 15.6. The van der Waals surface area contributed by atoms with Gasteiger partial charge in [0, 0.05) is 29.6 Å². The molecule has 8 nitrogen and oxygen atoms in total. The Labute approximate surface area is 195 Å². The quantitative estimate of drug-likeness (QED) is 0.547. The Balaban J connectivity index is 1.51. The van der Waals surface area contributed by atoms with Crippen molar-refractivity contribution in [3.8, 4) is 10.7 Å². The SMILES string of the molecule is Cc1sc(-c2noc(C(C)C)n2)cc1S(=O)(=O)N1CCC[C@@H](C(=O)Nc2ccc(F)cc2)C1. The molecule has 0 unspecified atom stereocenters. The van der Waals surface area contributed by atoms with Gasteiger partial charge < -0.3 is 9.84 Å². The maximum absolute atomic E-state index is 13.4. The van der Waals surface area contributed by atoms with Crippen LogP contribution in [-0.4, -0.2) is 41.9 Å². The van der Waals surface area contributed by atoms with Gasteiger partial charge in [0.2, 0.25) is 27.6 Å². The first kappa shape index (κ1) is 23.5. The van der Waals surface area contributed by atoms with Gasteiger partial charge in [-0.05, 0) is 50.1 Å². The lowest BCUT2D eigenvalue weighted by Gasteiger charge is -2.31. The van der Waals surface area contributed by atoms with Crippen LogP contribution in [0.25, 0.3) is 10.7 Å². The summed E-state index contributed by atoms with van der Waals surface area (Å²) in [6.07, 6.45) is 1.15. The van der Waals surface area contributed by atoms with Crippen molar-refractivity contribution in [3.63, 3.8) is 0 Å². The third kappa shape index (κ3) is 4.99. The average molecular weight is 493 g/mol. The molecule has 1 atom stereocenters. The Morgan fingerprint density at radius 2 is 2.03 bits per heavy atom. The van der Waals surface area contributed by atoms with Gasteiger partial charge in [0.25, 0.3) is 0 Å². The van der Waals surface area contributed by atoms with Crippen molar-refractivity contribution in [1.82, 2.24) is 14.4 Å². The molecule has 1 amide bonds. The highest BCUT2D eigenvalue weighted by atomic mass is 32.2. The summed E-state index contributed by atoms with van der Waals surface area (Å²) in [6, 6.07) is 7.05. The number of hydrogen-bond acceptors (Lipinski definition) is 7. The number of sulfonamides is 1. The van der Waals surface area contributed by atoms with Crippen LogP contribution in [0.15, 0.2) is 39.8 Å². The fraction of sp³-hybridized carbons (Fsp3) is 0.409. The van der Waals surface area contributed by atoms with Gasteiger partial charge in [-0.15, -0.1) is 11.3 Å². The molecule has 1 N–H and O–H groups in total. The number of benzene rings is 1. The summed E-state index contributed by atoms with van der Waals surface area (Å²) in [7, 11) is -3.81. The molecule has 3 heterocycles. The lowest BCUT2D eigenvalue weighted by Crippen LogP contribution is -2.43. The van der Waals surface area contributed by atoms with Crippen molar-refractivity contribution in [2.45, 2.75) is 44.4 Å². The second-order valence-corrected chi connectivity index (χ2v) is 11.5. The van der Waals surface area contributed by atoms with Gasteiger partial charge in [-0.25, -0.2) is 12.8 Å². The van der Waals surface area contributed by atoms with Crippen molar-refractivity contribution in [2.24, 2.45) is 5.92 Å². The molecule has 4 rings (SSSR count). The zero-order valence-corrected chi connectivity index (χ0v) is 20.2. The molecule has 3 aromatic rings. The maximum Gasteiger partial charge on any atom is 0.244 e. The van der Waals surface area contributed by atoms with Gasteiger partial charge in [0.05, 0.1) is 15.7 Å². The van der Waals surface area contributed by atoms with Crippen LogP contribution in [-0.2, 0) is 14.8 Å². The number of nitrogens with zero attached hydrogens (tertiary/aromatic N) is 3. The van der Waals surface area contributed by atoms with Crippen molar-refractivity contribution in [2.75, 3.05) is 18.4 Å². The van der Waals surface area contributed by atoms with Crippen LogP contribution in [0.1, 0.15) is 43.4 Å². The molecule has 0 radical (unpaired) electrons. The number of amides is 1. The molecule has 1 saturated heterocycles. The zero-order chi connectivity index (χ0) is 23.8. The Kier molecular flexibility index (Phi) is 6.64. The van der Waals surface area contributed by atoms with Gasteiger partial charge >= 0.3 is 0 Å². The fourth-order valence-corrected chi connectivity index (χ4v) is 6.70. The highest BCUT2D eigenvalue weighted by Crippen LogP contribution is 2.35. The van der Waals surface area contributed by atoms with Gasteiger partial charge in [-0.2, -0.15) is 9.29 Å². The molecular weight excluding hydrogens is 467 g/mol. The Bertz CT molecular complexity index is 1250. The fourth-order valence-electron chi connectivity index (χ4n) is 3.69. The predicted molar refractivity (Wildman–Crippen MR) is 123 cm³/mol. The molecule has 33 heavy (non-hydrogen) atoms. The number of piperidine rings is 1. The van der Waals surface area contributed by atoms with Gasteiger partial charge in [0.15, 0.2) is 0 Å². The normalized spacial score (nSPS) is 17.4. The predicted octanol–water partition coefficient (Wildman–Crippen LogP) is 4.41. The van der Waals surface area contributed by atoms with Crippen LogP contribution in [0.5, 0.6) is 0 Å². The largest absolute Gasteiger partial charge is 0.339 e. The van der Waals surface area contributed by atoms with E-state index in [-0.39, 0.29) is 23.3 Å². The average Bonchev–Trinajstić information content (AvgIpc) is 3.43. The molecule has 1 fully saturated rings. The number of aryl methyl sites for hydroxylation is 1. The smallest absolute Gasteiger partial charge is 0.244 e. The van der Waals surface area contributed by atoms with Crippen molar-refractivity contribution in [1.29, 1.82) is 0 Å². The van der Waals surface area contributed by atoms with E-state index < -0.39 is 21.8 Å². The lowest BCUT2D eigenvalue weighted by atomic mass is 9.99. The van der Waals surface area contributed by atoms with Crippen LogP contribution >= 0.6 is 11.3 Å². The minimum absolute atomic E-state index is 0.0712. The Hall–Kier alpha value is -2.63. The molecule has 0 bridgehead atoms. The van der Waals surface area contributed by atoms with Crippen molar-refractivity contribution >= 4 is 33.0 Å². The molecular formula is C22H25FN4O4S2. The topological polar surface area (TPSA) is 105 Å². The van der Waals surface area contributed by atoms with Crippen LogP contribution < -0.4 is 5.32 Å². The number of nitrogens with one attached hydrogen (secondary N) is 1. The molecule has 2 aromatic heterocycles. The highest BCUT2D eigenvalue weighted by molar-refractivity contribution is 7.89. The summed E-state index contributed by atoms with van der Waals surface area (Å²) >= 11 is 1.29. The molecule has 176 valence electrons. The van der Waals surface area contributed by atoms with E-state index in [0.29, 0.717) is 46.5 Å². The van der Waals surface area contributed by atoms with E-state index in [2.05, 4.69) is 15.5 Å². The van der Waals surface area contributed by atoms with Gasteiger partial charge in [-0.1, -0.05) is 19.0 Å². The minimum atomic E-state index is -3.81. The standard InChI is InChI=1S/C22H25FN4O4S2/c1-13(2)22-25-20(26-31-22)18-11-19(14(3)32-18)33(29,30)27-10-4-5-15(12-27)21(28)24-17-8-6-16(23)7-9-17/h6-9,11,13,15H,4-5,10,12H2,1-3H3,(H,24,28)/t15-/m1/s1. The van der Waals surface area contributed by atoms with E-state index in [1.54, 1.807) is 13.0 Å². The van der Waals surface area contributed by atoms with Crippen LogP contribution in [0, 0.1) is 18.7 Å². The maximum atomic E-state index is 13.4. The molecule has 1 aromatic carbocycles. The molecule has 1 aliphatic rings. The van der Waals surface area contributed by atoms with Crippen LogP contribution in [0.3, 0.4) is 0 Å². The first-order valence-electron chi connectivity index (χ1n) is 10.7. The second kappa shape index (κ2) is 9.32. The number of carbonyl (C=O) groups is 1. The number of thiophene rings is 1. The molecule has 1 aliphatic heterocycles. The number of halogens is 1. The summed E-state index contributed by atoms with van der Waals surface area (Å²) in [4.78, 5) is 18.5. The monoisotopic (exact) mass is 492 g/mol. The molecule has 0 saturated carbocycles. The summed E-state index contributed by atoms with van der Waals surface area (Å²) in [5.41, 5.74) is 0.473. The molecule has 0 spiro atoms. The second-order valence-electron chi connectivity index (χ2n) is 8.34. The van der Waals surface area contributed by atoms with E-state index >= 15 is 0 Å². The van der Waals surface area contributed by atoms with E-state index in [1.807, 2.05) is 13.8 Å². The van der Waals surface area contributed by atoms with Gasteiger partial charge in [-0.3, -0.25) is 4.79 Å². The minimum Gasteiger partial charge on any atom is -0.339 e. The van der Waals surface area contributed by atoms with Crippen molar-refractivity contribution < 1.29 is 22.1 Å². The lowest BCUT2D eigenvalue weighted by molar-refractivity contribution is -0.120. The first-order valence-corrected chi connectivity index (χ1v) is 12.9. The van der Waals surface area contributed by atoms with E-state index in [1.165, 1.54) is 39.9 Å². The van der Waals surface area contributed by atoms with Crippen LogP contribution in [0.2, 0.25) is 0 Å². The van der Waals surface area contributed by atoms with Gasteiger partial charge in [0.1, 0.15) is 5.82 Å². The number of carbonyl (C=O) groups excluding carboxylic acids is 1. The molecule has 0 aliphatic carbocycles. The summed E-state index contributed by atoms with van der Waals surface area (Å²) < 4.78 is 46.6. The zero-order valence-electron chi connectivity index (χ0n) is 18.5. The van der Waals surface area contributed by atoms with Crippen molar-refractivity contribution in [3.05, 3.63) is 46.9 Å². The van der Waals surface area contributed by atoms with E-state index in [4.69, 9.17) is 4.52 Å². The highest BCUT2D eigenvalue weighted by Gasteiger charge is 2.35. The Morgan fingerprint density at radius 3 is 2.70 bits per heavy atom.